The number of hydrogen-bond donors (Lipinski definition) is 1. The number of carbonyl (C=O) groups is 2. The van der Waals surface area contributed by atoms with Crippen LogP contribution in [0.2, 0.25) is 0 Å². The van der Waals surface area contributed by atoms with Crippen molar-refractivity contribution in [2.24, 2.45) is 0 Å². The summed E-state index contributed by atoms with van der Waals surface area (Å²) in [6.07, 6.45) is 0.713. The summed E-state index contributed by atoms with van der Waals surface area (Å²) in [4.78, 5) is 26.9. The summed E-state index contributed by atoms with van der Waals surface area (Å²) >= 11 is 0. The first-order valence-electron chi connectivity index (χ1n) is 8.67. The number of carbonyl (C=O) groups excluding carboxylic acids is 2. The van der Waals surface area contributed by atoms with Crippen LogP contribution in [0.5, 0.6) is 0 Å². The largest absolute Gasteiger partial charge is 0.391 e. The van der Waals surface area contributed by atoms with Crippen molar-refractivity contribution in [2.75, 3.05) is 6.54 Å². The number of β-amino-alcohol motifs (C(OH)–C–C–N with tert-alkyl or cyclic N) is 1. The monoisotopic (exact) mass is 337 g/mol. The van der Waals surface area contributed by atoms with Gasteiger partial charge in [-0.25, -0.2) is 0 Å². The van der Waals surface area contributed by atoms with Crippen LogP contribution in [-0.4, -0.2) is 40.4 Å². The molecule has 1 saturated heterocycles. The van der Waals surface area contributed by atoms with Crippen molar-refractivity contribution in [1.82, 2.24) is 4.90 Å². The molecule has 1 amide bonds. The fourth-order valence-corrected chi connectivity index (χ4v) is 3.28. The molecule has 2 atom stereocenters. The van der Waals surface area contributed by atoms with E-state index in [-0.39, 0.29) is 18.2 Å². The second-order valence-electron chi connectivity index (χ2n) is 6.68. The second kappa shape index (κ2) is 7.62. The molecular weight excluding hydrogens is 314 g/mol. The maximum Gasteiger partial charge on any atom is 0.254 e. The zero-order chi connectivity index (χ0) is 17.8. The molecule has 1 aliphatic heterocycles. The average Bonchev–Trinajstić information content (AvgIpc) is 3.03. The van der Waals surface area contributed by atoms with Crippen molar-refractivity contribution in [1.29, 1.82) is 0 Å². The predicted octanol–water partition coefficient (Wildman–Crippen LogP) is 2.77. The number of benzene rings is 2. The van der Waals surface area contributed by atoms with Gasteiger partial charge in [-0.15, -0.1) is 0 Å². The Balaban J connectivity index is 1.67. The van der Waals surface area contributed by atoms with E-state index in [0.717, 1.165) is 5.56 Å². The quantitative estimate of drug-likeness (QED) is 0.913. The van der Waals surface area contributed by atoms with Crippen molar-refractivity contribution in [3.8, 4) is 0 Å². The van der Waals surface area contributed by atoms with Gasteiger partial charge in [0.1, 0.15) is 0 Å². The van der Waals surface area contributed by atoms with Crippen LogP contribution >= 0.6 is 0 Å². The van der Waals surface area contributed by atoms with E-state index in [0.29, 0.717) is 24.8 Å². The number of Topliss-reactive ketones (excluding diaryl/α,β-unsaturated/α-hetero) is 1. The van der Waals surface area contributed by atoms with Crippen molar-refractivity contribution in [2.45, 2.75) is 38.3 Å². The number of nitrogens with zero attached hydrogens (tertiary/aromatic N) is 1. The highest BCUT2D eigenvalue weighted by Gasteiger charge is 2.38. The molecule has 1 N–H and O–H groups in total. The zero-order valence-corrected chi connectivity index (χ0v) is 14.4. The minimum absolute atomic E-state index is 0.0152. The fraction of sp³-hybridized carbons (Fsp3) is 0.333. The lowest BCUT2D eigenvalue weighted by molar-refractivity contribution is -0.122. The summed E-state index contributed by atoms with van der Waals surface area (Å²) in [5.74, 6) is -0.174. The molecule has 0 spiro atoms. The van der Waals surface area contributed by atoms with E-state index in [1.54, 1.807) is 24.3 Å². The molecular formula is C21H23NO3. The molecule has 4 nitrogen and oxygen atoms in total. The SMILES string of the molecule is Cc1ccc(CCC(=O)[C@@H]2C[C@@H](O)CN2C(=O)c2ccccc2)cc1. The Labute approximate surface area is 148 Å². The lowest BCUT2D eigenvalue weighted by atomic mass is 10.0. The number of ketones is 1. The van der Waals surface area contributed by atoms with Crippen LogP contribution in [0.15, 0.2) is 54.6 Å². The highest BCUT2D eigenvalue weighted by molar-refractivity contribution is 5.98. The van der Waals surface area contributed by atoms with Crippen LogP contribution in [0.4, 0.5) is 0 Å². The molecule has 0 bridgehead atoms. The normalized spacial score (nSPS) is 19.8. The summed E-state index contributed by atoms with van der Waals surface area (Å²) < 4.78 is 0. The third kappa shape index (κ3) is 4.15. The van der Waals surface area contributed by atoms with Crippen LogP contribution in [0.1, 0.15) is 34.3 Å². The van der Waals surface area contributed by atoms with E-state index in [9.17, 15) is 14.7 Å². The Morgan fingerprint density at radius 2 is 1.76 bits per heavy atom. The highest BCUT2D eigenvalue weighted by atomic mass is 16.3. The Hall–Kier alpha value is -2.46. The number of hydrogen-bond acceptors (Lipinski definition) is 3. The molecule has 4 heteroatoms. The Kier molecular flexibility index (Phi) is 5.29. The van der Waals surface area contributed by atoms with Gasteiger partial charge in [-0.1, -0.05) is 48.0 Å². The molecule has 1 aliphatic rings. The predicted molar refractivity (Wildman–Crippen MR) is 96.4 cm³/mol. The van der Waals surface area contributed by atoms with Crippen LogP contribution in [0.3, 0.4) is 0 Å². The number of likely N-dealkylation sites (tertiary alicyclic amines) is 1. The smallest absolute Gasteiger partial charge is 0.254 e. The van der Waals surface area contributed by atoms with Crippen molar-refractivity contribution in [3.05, 3.63) is 71.3 Å². The molecule has 2 aromatic rings. The highest BCUT2D eigenvalue weighted by Crippen LogP contribution is 2.23. The zero-order valence-electron chi connectivity index (χ0n) is 14.4. The summed E-state index contributed by atoms with van der Waals surface area (Å²) in [6.45, 7) is 2.25. The summed E-state index contributed by atoms with van der Waals surface area (Å²) in [5.41, 5.74) is 2.85. The number of rotatable bonds is 5. The summed E-state index contributed by atoms with van der Waals surface area (Å²) in [5, 5.41) is 9.98. The van der Waals surface area contributed by atoms with Gasteiger partial charge in [-0.05, 0) is 31.0 Å². The van der Waals surface area contributed by atoms with E-state index in [1.807, 2.05) is 37.3 Å². The minimum Gasteiger partial charge on any atom is -0.391 e. The first-order chi connectivity index (χ1) is 12.0. The molecule has 1 fully saturated rings. The molecule has 0 aromatic heterocycles. The van der Waals surface area contributed by atoms with E-state index in [1.165, 1.54) is 10.5 Å². The second-order valence-corrected chi connectivity index (χ2v) is 6.68. The summed E-state index contributed by atoms with van der Waals surface area (Å²) in [6, 6.07) is 16.5. The van der Waals surface area contributed by atoms with Gasteiger partial charge in [0.15, 0.2) is 5.78 Å². The van der Waals surface area contributed by atoms with E-state index in [4.69, 9.17) is 0 Å². The van der Waals surface area contributed by atoms with Crippen molar-refractivity contribution in [3.63, 3.8) is 0 Å². The van der Waals surface area contributed by atoms with Crippen molar-refractivity contribution < 1.29 is 14.7 Å². The first kappa shape index (κ1) is 17.4. The van der Waals surface area contributed by atoms with Gasteiger partial charge >= 0.3 is 0 Å². The third-order valence-electron chi connectivity index (χ3n) is 4.71. The maximum absolute atomic E-state index is 12.7. The van der Waals surface area contributed by atoms with E-state index in [2.05, 4.69) is 0 Å². The van der Waals surface area contributed by atoms with Crippen molar-refractivity contribution >= 4 is 11.7 Å². The lowest BCUT2D eigenvalue weighted by Gasteiger charge is -2.23. The summed E-state index contributed by atoms with van der Waals surface area (Å²) in [7, 11) is 0. The number of amides is 1. The Morgan fingerprint density at radius 3 is 2.44 bits per heavy atom. The first-order valence-corrected chi connectivity index (χ1v) is 8.67. The van der Waals surface area contributed by atoms with Gasteiger partial charge in [0, 0.05) is 24.9 Å². The Morgan fingerprint density at radius 1 is 1.08 bits per heavy atom. The molecule has 0 radical (unpaired) electrons. The Bertz CT molecular complexity index is 739. The van der Waals surface area contributed by atoms with Crippen LogP contribution in [0.25, 0.3) is 0 Å². The van der Waals surface area contributed by atoms with E-state index >= 15 is 0 Å². The molecule has 2 aromatic carbocycles. The van der Waals surface area contributed by atoms with E-state index < -0.39 is 12.1 Å². The molecule has 0 aliphatic carbocycles. The maximum atomic E-state index is 12.7. The van der Waals surface area contributed by atoms with Crippen LogP contribution < -0.4 is 0 Å². The van der Waals surface area contributed by atoms with Crippen LogP contribution in [0, 0.1) is 6.92 Å². The molecule has 3 rings (SSSR count). The molecule has 25 heavy (non-hydrogen) atoms. The standard InChI is InChI=1S/C21H23NO3/c1-15-7-9-16(10-8-15)11-12-20(24)19-13-18(23)14-22(19)21(25)17-5-3-2-4-6-17/h2-10,18-19,23H,11-14H2,1H3/t18-,19+/m1/s1. The lowest BCUT2D eigenvalue weighted by Crippen LogP contribution is -2.40. The average molecular weight is 337 g/mol. The number of aliphatic hydroxyl groups is 1. The van der Waals surface area contributed by atoms with Gasteiger partial charge in [-0.2, -0.15) is 0 Å². The molecule has 1 heterocycles. The minimum atomic E-state index is -0.638. The van der Waals surface area contributed by atoms with Gasteiger partial charge in [0.25, 0.3) is 5.91 Å². The third-order valence-corrected chi connectivity index (χ3v) is 4.71. The number of aryl methyl sites for hydroxylation is 2. The van der Waals surface area contributed by atoms with Crippen LogP contribution in [-0.2, 0) is 11.2 Å². The van der Waals surface area contributed by atoms with Gasteiger partial charge in [0.2, 0.25) is 0 Å². The molecule has 0 saturated carbocycles. The van der Waals surface area contributed by atoms with Gasteiger partial charge < -0.3 is 10.0 Å². The number of aliphatic hydroxyl groups excluding tert-OH is 1. The molecule has 0 unspecified atom stereocenters. The van der Waals surface area contributed by atoms with Gasteiger partial charge in [-0.3, -0.25) is 9.59 Å². The topological polar surface area (TPSA) is 57.6 Å². The molecule has 130 valence electrons. The van der Waals surface area contributed by atoms with Gasteiger partial charge in [0.05, 0.1) is 12.1 Å². The fourth-order valence-electron chi connectivity index (χ4n) is 3.28.